The first kappa shape index (κ1) is 12.4. The first-order chi connectivity index (χ1) is 7.89. The van der Waals surface area contributed by atoms with Gasteiger partial charge in [0.05, 0.1) is 5.69 Å². The van der Waals surface area contributed by atoms with Gasteiger partial charge in [-0.1, -0.05) is 6.07 Å². The second kappa shape index (κ2) is 4.31. The monoisotopic (exact) mass is 254 g/mol. The number of benzene rings is 1. The summed E-state index contributed by atoms with van der Waals surface area (Å²) in [6.07, 6.45) is 2.22. The molecule has 0 saturated carbocycles. The Morgan fingerprint density at radius 3 is 2.29 bits per heavy atom. The summed E-state index contributed by atoms with van der Waals surface area (Å²) in [5.74, 6) is 0. The highest BCUT2D eigenvalue weighted by molar-refractivity contribution is 7.89. The van der Waals surface area contributed by atoms with Gasteiger partial charge in [0, 0.05) is 13.1 Å². The molecular weight excluding hydrogens is 236 g/mol. The van der Waals surface area contributed by atoms with Gasteiger partial charge in [-0.3, -0.25) is 0 Å². The second-order valence-electron chi connectivity index (χ2n) is 4.67. The molecule has 17 heavy (non-hydrogen) atoms. The van der Waals surface area contributed by atoms with Gasteiger partial charge in [-0.2, -0.15) is 0 Å². The molecule has 0 aromatic heterocycles. The van der Waals surface area contributed by atoms with Gasteiger partial charge in [0.15, 0.2) is 0 Å². The number of primary sulfonamides is 1. The van der Waals surface area contributed by atoms with Gasteiger partial charge in [-0.15, -0.1) is 0 Å². The molecule has 94 valence electrons. The van der Waals surface area contributed by atoms with Crippen molar-refractivity contribution in [1.82, 2.24) is 0 Å². The molecule has 1 aliphatic rings. The van der Waals surface area contributed by atoms with E-state index >= 15 is 0 Å². The van der Waals surface area contributed by atoms with Crippen LogP contribution in [0.3, 0.4) is 0 Å². The lowest BCUT2D eigenvalue weighted by Gasteiger charge is -2.23. The maximum Gasteiger partial charge on any atom is 0.240 e. The molecule has 0 spiro atoms. The molecule has 2 rings (SSSR count). The van der Waals surface area contributed by atoms with Gasteiger partial charge >= 0.3 is 0 Å². The predicted molar refractivity (Wildman–Crippen MR) is 68.7 cm³/mol. The van der Waals surface area contributed by atoms with Crippen molar-refractivity contribution in [2.75, 3.05) is 18.0 Å². The molecule has 1 aliphatic heterocycles. The molecule has 5 heteroatoms. The van der Waals surface area contributed by atoms with E-state index in [1.807, 2.05) is 19.9 Å². The standard InChI is InChI=1S/C12H18N2O2S/c1-9-7-10(2)12(14-5-3-4-6-14)11(8-9)17(13,15)16/h7-8H,3-6H2,1-2H3,(H2,13,15,16). The fraction of sp³-hybridized carbons (Fsp3) is 0.500. The third-order valence-electron chi connectivity index (χ3n) is 3.14. The molecule has 0 radical (unpaired) electrons. The van der Waals surface area contributed by atoms with Crippen LogP contribution in [-0.4, -0.2) is 21.5 Å². The highest BCUT2D eigenvalue weighted by Gasteiger charge is 2.23. The zero-order valence-electron chi connectivity index (χ0n) is 10.2. The van der Waals surface area contributed by atoms with Crippen LogP contribution < -0.4 is 10.0 Å². The van der Waals surface area contributed by atoms with Gasteiger partial charge in [0.2, 0.25) is 10.0 Å². The third kappa shape index (κ3) is 2.45. The smallest absolute Gasteiger partial charge is 0.240 e. The van der Waals surface area contributed by atoms with Crippen LogP contribution in [0.4, 0.5) is 5.69 Å². The molecule has 0 amide bonds. The topological polar surface area (TPSA) is 63.4 Å². The van der Waals surface area contributed by atoms with Crippen LogP contribution in [0.2, 0.25) is 0 Å². The van der Waals surface area contributed by atoms with E-state index < -0.39 is 10.0 Å². The van der Waals surface area contributed by atoms with Crippen LogP contribution in [-0.2, 0) is 10.0 Å². The van der Waals surface area contributed by atoms with Gasteiger partial charge < -0.3 is 4.90 Å². The lowest BCUT2D eigenvalue weighted by atomic mass is 10.1. The zero-order valence-corrected chi connectivity index (χ0v) is 11.0. The Bertz CT molecular complexity index is 532. The van der Waals surface area contributed by atoms with E-state index in [1.165, 1.54) is 0 Å². The Morgan fingerprint density at radius 2 is 1.76 bits per heavy atom. The molecular formula is C12H18N2O2S. The van der Waals surface area contributed by atoms with Crippen molar-refractivity contribution < 1.29 is 8.42 Å². The molecule has 4 nitrogen and oxygen atoms in total. The highest BCUT2D eigenvalue weighted by Crippen LogP contribution is 2.32. The Labute approximate surface area is 102 Å². The minimum atomic E-state index is -3.66. The van der Waals surface area contributed by atoms with Crippen molar-refractivity contribution in [1.29, 1.82) is 0 Å². The minimum Gasteiger partial charge on any atom is -0.370 e. The van der Waals surface area contributed by atoms with E-state index in [1.54, 1.807) is 6.07 Å². The Balaban J connectivity index is 2.63. The van der Waals surface area contributed by atoms with Crippen molar-refractivity contribution >= 4 is 15.7 Å². The summed E-state index contributed by atoms with van der Waals surface area (Å²) in [7, 11) is -3.66. The number of nitrogens with two attached hydrogens (primary N) is 1. The van der Waals surface area contributed by atoms with Crippen molar-refractivity contribution in [2.45, 2.75) is 31.6 Å². The molecule has 1 aromatic rings. The van der Waals surface area contributed by atoms with Gasteiger partial charge in [0.1, 0.15) is 4.90 Å². The van der Waals surface area contributed by atoms with Crippen LogP contribution in [0.25, 0.3) is 0 Å². The van der Waals surface area contributed by atoms with E-state index in [9.17, 15) is 8.42 Å². The van der Waals surface area contributed by atoms with Crippen molar-refractivity contribution in [3.63, 3.8) is 0 Å². The van der Waals surface area contributed by atoms with Crippen LogP contribution in [0.1, 0.15) is 24.0 Å². The van der Waals surface area contributed by atoms with Gasteiger partial charge in [-0.05, 0) is 43.9 Å². The summed E-state index contributed by atoms with van der Waals surface area (Å²) >= 11 is 0. The number of nitrogens with zero attached hydrogens (tertiary/aromatic N) is 1. The van der Waals surface area contributed by atoms with Crippen LogP contribution in [0, 0.1) is 13.8 Å². The Kier molecular flexibility index (Phi) is 3.14. The number of sulfonamides is 1. The summed E-state index contributed by atoms with van der Waals surface area (Å²) in [6, 6.07) is 3.66. The highest BCUT2D eigenvalue weighted by atomic mass is 32.2. The largest absolute Gasteiger partial charge is 0.370 e. The predicted octanol–water partition coefficient (Wildman–Crippen LogP) is 1.55. The summed E-state index contributed by atoms with van der Waals surface area (Å²) in [6.45, 7) is 5.64. The molecule has 0 bridgehead atoms. The number of rotatable bonds is 2. The number of aryl methyl sites for hydroxylation is 2. The van der Waals surface area contributed by atoms with Crippen molar-refractivity contribution in [3.05, 3.63) is 23.3 Å². The zero-order chi connectivity index (χ0) is 12.6. The maximum absolute atomic E-state index is 11.7. The Morgan fingerprint density at radius 1 is 1.18 bits per heavy atom. The molecule has 1 heterocycles. The quantitative estimate of drug-likeness (QED) is 0.871. The number of hydrogen-bond donors (Lipinski definition) is 1. The molecule has 0 aliphatic carbocycles. The van der Waals surface area contributed by atoms with Gasteiger partial charge in [0.25, 0.3) is 0 Å². The normalized spacial score (nSPS) is 16.5. The fourth-order valence-electron chi connectivity index (χ4n) is 2.48. The molecule has 0 unspecified atom stereocenters. The van der Waals surface area contributed by atoms with E-state index in [0.29, 0.717) is 0 Å². The minimum absolute atomic E-state index is 0.261. The lowest BCUT2D eigenvalue weighted by Crippen LogP contribution is -2.24. The SMILES string of the molecule is Cc1cc(C)c(N2CCCC2)c(S(N)(=O)=O)c1. The first-order valence-corrected chi connectivity index (χ1v) is 7.33. The van der Waals surface area contributed by atoms with E-state index in [4.69, 9.17) is 5.14 Å². The first-order valence-electron chi connectivity index (χ1n) is 5.78. The van der Waals surface area contributed by atoms with Crippen molar-refractivity contribution in [2.24, 2.45) is 5.14 Å². The second-order valence-corrected chi connectivity index (χ2v) is 6.20. The maximum atomic E-state index is 11.7. The molecule has 1 aromatic carbocycles. The molecule has 2 N–H and O–H groups in total. The molecule has 1 fully saturated rings. The number of anilines is 1. The van der Waals surface area contributed by atoms with E-state index in [0.717, 1.165) is 42.7 Å². The van der Waals surface area contributed by atoms with E-state index in [-0.39, 0.29) is 4.90 Å². The molecule has 1 saturated heterocycles. The summed E-state index contributed by atoms with van der Waals surface area (Å²) < 4.78 is 23.3. The van der Waals surface area contributed by atoms with Gasteiger partial charge in [-0.25, -0.2) is 13.6 Å². The van der Waals surface area contributed by atoms with E-state index in [2.05, 4.69) is 4.90 Å². The summed E-state index contributed by atoms with van der Waals surface area (Å²) in [5.41, 5.74) is 2.70. The fourth-order valence-corrected chi connectivity index (χ4v) is 3.39. The molecule has 0 atom stereocenters. The van der Waals surface area contributed by atoms with Crippen LogP contribution >= 0.6 is 0 Å². The Hall–Kier alpha value is -1.07. The summed E-state index contributed by atoms with van der Waals surface area (Å²) in [5, 5.41) is 5.31. The average molecular weight is 254 g/mol. The van der Waals surface area contributed by atoms with Crippen molar-refractivity contribution in [3.8, 4) is 0 Å². The van der Waals surface area contributed by atoms with Crippen LogP contribution in [0.15, 0.2) is 17.0 Å². The lowest BCUT2D eigenvalue weighted by molar-refractivity contribution is 0.597. The van der Waals surface area contributed by atoms with Crippen LogP contribution in [0.5, 0.6) is 0 Å². The average Bonchev–Trinajstić information content (AvgIpc) is 2.67. The third-order valence-corrected chi connectivity index (χ3v) is 4.06. The summed E-state index contributed by atoms with van der Waals surface area (Å²) in [4.78, 5) is 2.38. The number of hydrogen-bond acceptors (Lipinski definition) is 3.